The van der Waals surface area contributed by atoms with E-state index in [1.165, 1.54) is 11.0 Å². The topological polar surface area (TPSA) is 84.1 Å². The number of alkyl halides is 3. The molecule has 1 saturated heterocycles. The van der Waals surface area contributed by atoms with E-state index >= 15 is 0 Å². The summed E-state index contributed by atoms with van der Waals surface area (Å²) in [5.41, 5.74) is 5.07. The van der Waals surface area contributed by atoms with Crippen LogP contribution in [0.2, 0.25) is 0 Å². The fourth-order valence-electron chi connectivity index (χ4n) is 2.78. The zero-order valence-electron chi connectivity index (χ0n) is 12.5. The summed E-state index contributed by atoms with van der Waals surface area (Å²) in [4.78, 5) is 21.0. The Morgan fingerprint density at radius 1 is 1.26 bits per heavy atom. The van der Waals surface area contributed by atoms with E-state index in [-0.39, 0.29) is 11.4 Å². The van der Waals surface area contributed by atoms with Gasteiger partial charge in [-0.3, -0.25) is 4.79 Å². The molecule has 2 fully saturated rings. The zero-order valence-corrected chi connectivity index (χ0v) is 12.5. The first-order valence-electron chi connectivity index (χ1n) is 7.55. The number of nitrogens with two attached hydrogens (primary N) is 1. The molecule has 0 unspecified atom stereocenters. The molecule has 2 aliphatic rings. The Hall–Kier alpha value is -1.74. The van der Waals surface area contributed by atoms with Gasteiger partial charge in [0.25, 0.3) is 5.91 Å². The molecule has 1 aromatic heterocycles. The standard InChI is InChI=1S/C14H18F3N5O/c15-14(16,17)12-20-9(11(23)22-6-4-19-5-7-22)8-10(21-12)13(18)2-1-3-13/h8,19H,1-7,18H2. The van der Waals surface area contributed by atoms with Crippen LogP contribution < -0.4 is 11.1 Å². The molecule has 2 heterocycles. The Morgan fingerprint density at radius 3 is 2.43 bits per heavy atom. The zero-order chi connectivity index (χ0) is 16.7. The summed E-state index contributed by atoms with van der Waals surface area (Å²) in [7, 11) is 0. The highest BCUT2D eigenvalue weighted by Crippen LogP contribution is 2.39. The fraction of sp³-hybridized carbons (Fsp3) is 0.643. The Kier molecular flexibility index (Phi) is 4.01. The molecule has 1 aliphatic carbocycles. The van der Waals surface area contributed by atoms with Crippen LogP contribution in [0, 0.1) is 0 Å². The Labute approximate surface area is 131 Å². The molecule has 1 amide bonds. The molecule has 1 saturated carbocycles. The van der Waals surface area contributed by atoms with Gasteiger partial charge in [-0.1, -0.05) is 0 Å². The van der Waals surface area contributed by atoms with Crippen molar-refractivity contribution < 1.29 is 18.0 Å². The predicted octanol–water partition coefficient (Wildman–Crippen LogP) is 0.879. The molecule has 0 aromatic carbocycles. The smallest absolute Gasteiger partial charge is 0.335 e. The van der Waals surface area contributed by atoms with E-state index < -0.39 is 23.4 Å². The van der Waals surface area contributed by atoms with Gasteiger partial charge in [0.1, 0.15) is 5.69 Å². The van der Waals surface area contributed by atoms with Crippen molar-refractivity contribution in [2.75, 3.05) is 26.2 Å². The van der Waals surface area contributed by atoms with Crippen molar-refractivity contribution in [3.05, 3.63) is 23.3 Å². The Balaban J connectivity index is 1.98. The second-order valence-electron chi connectivity index (χ2n) is 6.01. The van der Waals surface area contributed by atoms with E-state index in [1.54, 1.807) is 0 Å². The van der Waals surface area contributed by atoms with Crippen LogP contribution in [0.3, 0.4) is 0 Å². The third kappa shape index (κ3) is 3.16. The first-order valence-corrected chi connectivity index (χ1v) is 7.55. The third-order valence-electron chi connectivity index (χ3n) is 4.36. The number of hydrogen-bond acceptors (Lipinski definition) is 5. The minimum Gasteiger partial charge on any atom is -0.335 e. The van der Waals surface area contributed by atoms with Gasteiger partial charge < -0.3 is 16.0 Å². The summed E-state index contributed by atoms with van der Waals surface area (Å²) in [5, 5.41) is 3.08. The predicted molar refractivity (Wildman–Crippen MR) is 75.5 cm³/mol. The number of nitrogens with zero attached hydrogens (tertiary/aromatic N) is 3. The molecule has 6 nitrogen and oxygen atoms in total. The number of amides is 1. The van der Waals surface area contributed by atoms with Crippen LogP contribution in [0.25, 0.3) is 0 Å². The van der Waals surface area contributed by atoms with Crippen LogP contribution in [0.5, 0.6) is 0 Å². The molecular formula is C14H18F3N5O. The van der Waals surface area contributed by atoms with Gasteiger partial charge in [0.15, 0.2) is 0 Å². The van der Waals surface area contributed by atoms with Crippen molar-refractivity contribution in [3.8, 4) is 0 Å². The van der Waals surface area contributed by atoms with Crippen molar-refractivity contribution in [1.29, 1.82) is 0 Å². The van der Waals surface area contributed by atoms with Crippen molar-refractivity contribution in [1.82, 2.24) is 20.2 Å². The maximum atomic E-state index is 13.1. The number of hydrogen-bond donors (Lipinski definition) is 2. The second kappa shape index (κ2) is 5.72. The molecule has 1 aliphatic heterocycles. The van der Waals surface area contributed by atoms with E-state index in [9.17, 15) is 18.0 Å². The van der Waals surface area contributed by atoms with Crippen LogP contribution in [-0.2, 0) is 11.7 Å². The Morgan fingerprint density at radius 2 is 1.91 bits per heavy atom. The maximum Gasteiger partial charge on any atom is 0.451 e. The SMILES string of the molecule is NC1(c2cc(C(=O)N3CCNCC3)nc(C(F)(F)F)n2)CCC1. The van der Waals surface area contributed by atoms with Gasteiger partial charge >= 0.3 is 6.18 Å². The van der Waals surface area contributed by atoms with Gasteiger partial charge in [0.05, 0.1) is 11.2 Å². The minimum absolute atomic E-state index is 0.101. The minimum atomic E-state index is -4.71. The normalized spacial score (nSPS) is 21.0. The second-order valence-corrected chi connectivity index (χ2v) is 6.01. The highest BCUT2D eigenvalue weighted by atomic mass is 19.4. The number of carbonyl (C=O) groups is 1. The fourth-order valence-corrected chi connectivity index (χ4v) is 2.78. The van der Waals surface area contributed by atoms with Gasteiger partial charge in [-0.15, -0.1) is 0 Å². The Bertz CT molecular complexity index is 609. The molecule has 0 radical (unpaired) electrons. The van der Waals surface area contributed by atoms with E-state index in [0.717, 1.165) is 6.42 Å². The number of piperazine rings is 1. The lowest BCUT2D eigenvalue weighted by Gasteiger charge is -2.37. The van der Waals surface area contributed by atoms with E-state index in [0.29, 0.717) is 39.0 Å². The lowest BCUT2D eigenvalue weighted by molar-refractivity contribution is -0.145. The molecule has 3 N–H and O–H groups in total. The van der Waals surface area contributed by atoms with Gasteiger partial charge in [-0.05, 0) is 25.3 Å². The largest absolute Gasteiger partial charge is 0.451 e. The van der Waals surface area contributed by atoms with Crippen LogP contribution in [-0.4, -0.2) is 47.0 Å². The van der Waals surface area contributed by atoms with Gasteiger partial charge in [0.2, 0.25) is 5.82 Å². The number of aromatic nitrogens is 2. The van der Waals surface area contributed by atoms with Crippen molar-refractivity contribution in [2.24, 2.45) is 5.73 Å². The van der Waals surface area contributed by atoms with E-state index in [1.807, 2.05) is 0 Å². The number of rotatable bonds is 2. The molecule has 0 atom stereocenters. The number of carbonyl (C=O) groups excluding carboxylic acids is 1. The first kappa shape index (κ1) is 16.1. The lowest BCUT2D eigenvalue weighted by atomic mass is 9.75. The van der Waals surface area contributed by atoms with Gasteiger partial charge in [0, 0.05) is 26.2 Å². The average Bonchev–Trinajstić information content (AvgIpc) is 2.51. The average molecular weight is 329 g/mol. The summed E-state index contributed by atoms with van der Waals surface area (Å²) < 4.78 is 39.2. The lowest BCUT2D eigenvalue weighted by Crippen LogP contribution is -2.47. The molecule has 1 aromatic rings. The number of nitrogens with one attached hydrogen (secondary N) is 1. The summed E-state index contributed by atoms with van der Waals surface area (Å²) in [6.07, 6.45) is -2.76. The van der Waals surface area contributed by atoms with Crippen molar-refractivity contribution in [3.63, 3.8) is 0 Å². The van der Waals surface area contributed by atoms with Crippen LogP contribution in [0.4, 0.5) is 13.2 Å². The quantitative estimate of drug-likeness (QED) is 0.841. The molecule has 3 rings (SSSR count). The maximum absolute atomic E-state index is 13.1. The van der Waals surface area contributed by atoms with Gasteiger partial charge in [-0.2, -0.15) is 13.2 Å². The number of halogens is 3. The summed E-state index contributed by atoms with van der Waals surface area (Å²) in [5.74, 6) is -1.81. The molecule has 0 bridgehead atoms. The molecule has 126 valence electrons. The van der Waals surface area contributed by atoms with E-state index in [2.05, 4.69) is 15.3 Å². The van der Waals surface area contributed by atoms with Crippen molar-refractivity contribution in [2.45, 2.75) is 31.0 Å². The van der Waals surface area contributed by atoms with Gasteiger partial charge in [-0.25, -0.2) is 9.97 Å². The molecular weight excluding hydrogens is 311 g/mol. The van der Waals surface area contributed by atoms with Crippen LogP contribution in [0.1, 0.15) is 41.3 Å². The summed E-state index contributed by atoms with van der Waals surface area (Å²) in [6.45, 7) is 2.09. The monoisotopic (exact) mass is 329 g/mol. The van der Waals surface area contributed by atoms with E-state index in [4.69, 9.17) is 5.73 Å². The van der Waals surface area contributed by atoms with Crippen molar-refractivity contribution >= 4 is 5.91 Å². The third-order valence-corrected chi connectivity index (χ3v) is 4.36. The van der Waals surface area contributed by atoms with Crippen LogP contribution >= 0.6 is 0 Å². The highest BCUT2D eigenvalue weighted by molar-refractivity contribution is 5.92. The molecule has 0 spiro atoms. The molecule has 23 heavy (non-hydrogen) atoms. The highest BCUT2D eigenvalue weighted by Gasteiger charge is 2.41. The summed E-state index contributed by atoms with van der Waals surface area (Å²) in [6, 6.07) is 1.32. The molecule has 9 heteroatoms. The first-order chi connectivity index (χ1) is 10.8. The summed E-state index contributed by atoms with van der Waals surface area (Å²) >= 11 is 0. The van der Waals surface area contributed by atoms with Crippen LogP contribution in [0.15, 0.2) is 6.07 Å².